The second-order valence-electron chi connectivity index (χ2n) is 10.8. The van der Waals surface area contributed by atoms with Gasteiger partial charge in [-0.1, -0.05) is 6.92 Å². The lowest BCUT2D eigenvalue weighted by Crippen LogP contribution is -2.40. The van der Waals surface area contributed by atoms with Gasteiger partial charge in [0.15, 0.2) is 6.04 Å². The van der Waals surface area contributed by atoms with Crippen molar-refractivity contribution in [1.82, 2.24) is 4.90 Å². The van der Waals surface area contributed by atoms with Gasteiger partial charge in [0.1, 0.15) is 6.54 Å². The van der Waals surface area contributed by atoms with Crippen LogP contribution < -0.4 is 0 Å². The molecule has 0 N–H and O–H groups in total. The predicted molar refractivity (Wildman–Crippen MR) is 159 cm³/mol. The summed E-state index contributed by atoms with van der Waals surface area (Å²) in [6.45, 7) is 3.07. The smallest absolute Gasteiger partial charge is 0.235 e. The van der Waals surface area contributed by atoms with E-state index in [0.29, 0.717) is 23.6 Å². The number of nitrogens with zero attached hydrogens (tertiary/aromatic N) is 2. The summed E-state index contributed by atoms with van der Waals surface area (Å²) in [5, 5.41) is 3.11. The van der Waals surface area contributed by atoms with E-state index < -0.39 is 20.2 Å². The van der Waals surface area contributed by atoms with Gasteiger partial charge in [0.05, 0.1) is 30.5 Å². The fourth-order valence-corrected chi connectivity index (χ4v) is 10.7. The van der Waals surface area contributed by atoms with Crippen LogP contribution in [0.3, 0.4) is 0 Å². The number of rotatable bonds is 11. The van der Waals surface area contributed by atoms with Crippen LogP contribution in [0.5, 0.6) is 0 Å². The average Bonchev–Trinajstić information content (AvgIpc) is 3.34. The van der Waals surface area contributed by atoms with Crippen LogP contribution in [0.25, 0.3) is 0 Å². The molecule has 6 unspecified atom stereocenters. The minimum absolute atomic E-state index is 0.0872. The third kappa shape index (κ3) is 9.02. The lowest BCUT2D eigenvalue weighted by atomic mass is 9.93. The van der Waals surface area contributed by atoms with E-state index in [2.05, 4.69) is 28.6 Å². The Kier molecular flexibility index (Phi) is 11.1. The Hall–Kier alpha value is 0.0500. The summed E-state index contributed by atoms with van der Waals surface area (Å²) in [7, 11) is -8.55. The zero-order valence-electron chi connectivity index (χ0n) is 22.0. The van der Waals surface area contributed by atoms with Gasteiger partial charge >= 0.3 is 0 Å². The van der Waals surface area contributed by atoms with Crippen molar-refractivity contribution in [1.29, 1.82) is 0 Å². The van der Waals surface area contributed by atoms with Crippen LogP contribution in [0, 0.1) is 0 Å². The molecule has 8 nitrogen and oxygen atoms in total. The molecule has 4 rings (SSSR count). The van der Waals surface area contributed by atoms with Gasteiger partial charge in [-0.05, 0) is 68.4 Å². The molecule has 0 spiro atoms. The molecule has 0 aromatic rings. The molecule has 39 heavy (non-hydrogen) atoms. The highest BCUT2D eigenvalue weighted by molar-refractivity contribution is 8.14. The fourth-order valence-electron chi connectivity index (χ4n) is 6.01. The third-order valence-electron chi connectivity index (χ3n) is 7.91. The first kappa shape index (κ1) is 32.0. The van der Waals surface area contributed by atoms with Crippen molar-refractivity contribution in [3.8, 4) is 0 Å². The molecule has 6 atom stereocenters. The minimum atomic E-state index is -4.27. The molecule has 2 aliphatic heterocycles. The highest BCUT2D eigenvalue weighted by atomic mass is 35.5. The summed E-state index contributed by atoms with van der Waals surface area (Å²) >= 11 is 16.7. The van der Waals surface area contributed by atoms with Crippen molar-refractivity contribution in [2.24, 2.45) is 0 Å². The van der Waals surface area contributed by atoms with Crippen LogP contribution in [0.4, 0.5) is 0 Å². The number of allylic oxidation sites excluding steroid dienone is 2. The number of halogens is 2. The van der Waals surface area contributed by atoms with Crippen molar-refractivity contribution in [2.75, 3.05) is 24.6 Å². The van der Waals surface area contributed by atoms with Gasteiger partial charge in [0.25, 0.3) is 0 Å². The van der Waals surface area contributed by atoms with Crippen LogP contribution in [-0.2, 0) is 20.2 Å². The Morgan fingerprint density at radius 3 is 2.28 bits per heavy atom. The molecule has 0 aromatic carbocycles. The zero-order valence-corrected chi connectivity index (χ0v) is 26.8. The topological polar surface area (TPSA) is 121 Å². The lowest BCUT2D eigenvalue weighted by molar-refractivity contribution is -0.561. The molecular formula is C25H37Cl2N2O6S4-. The van der Waals surface area contributed by atoms with E-state index in [1.165, 1.54) is 0 Å². The molecule has 3 fully saturated rings. The minimum Gasteiger partial charge on any atom is -0.748 e. The standard InChI is InChI=1S/C25H38Cl2N2O6S4/c1-2-17(13-24-28(9-3-11-38(30,31)32)20-15-18(26)5-7-22(20)36-24)14-25-29(10-4-12-39(33,34)35)21-16-19(27)6-8-23(21)37-25/h13-14,18-23H,2-12,15-16H2,1H3,(H-,30,31,32,33,34,35)/p-1. The Morgan fingerprint density at radius 1 is 0.974 bits per heavy atom. The Bertz CT molecular complexity index is 1210. The maximum Gasteiger partial charge on any atom is 0.235 e. The normalized spacial score (nSPS) is 33.1. The fraction of sp³-hybridized carbons (Fsp3) is 0.800. The van der Waals surface area contributed by atoms with E-state index in [1.807, 2.05) is 23.5 Å². The number of alkyl halides is 2. The molecule has 14 heteroatoms. The van der Waals surface area contributed by atoms with Crippen LogP contribution >= 0.6 is 46.7 Å². The molecule has 2 aliphatic carbocycles. The van der Waals surface area contributed by atoms with Crippen molar-refractivity contribution < 1.29 is 30.5 Å². The quantitative estimate of drug-likeness (QED) is 0.182. The number of thioether (sulfide) groups is 2. The Labute approximate surface area is 251 Å². The maximum atomic E-state index is 11.2. The molecule has 0 aromatic heterocycles. The summed E-state index contributed by atoms with van der Waals surface area (Å²) < 4.78 is 69.7. The van der Waals surface area contributed by atoms with Gasteiger partial charge in [-0.3, -0.25) is 0 Å². The summed E-state index contributed by atoms with van der Waals surface area (Å²) in [5.41, 5.74) is 1.12. The largest absolute Gasteiger partial charge is 0.748 e. The highest BCUT2D eigenvalue weighted by Gasteiger charge is 2.45. The lowest BCUT2D eigenvalue weighted by Gasteiger charge is -2.34. The number of hydrogen-bond acceptors (Lipinski definition) is 9. The molecular weight excluding hydrogens is 623 g/mol. The van der Waals surface area contributed by atoms with Crippen molar-refractivity contribution in [2.45, 2.75) is 98.0 Å². The van der Waals surface area contributed by atoms with Gasteiger partial charge in [-0.15, -0.1) is 35.0 Å². The first-order valence-corrected chi connectivity index (χ1v) is 19.4. The van der Waals surface area contributed by atoms with Crippen LogP contribution in [0.1, 0.15) is 64.7 Å². The van der Waals surface area contributed by atoms with Crippen molar-refractivity contribution >= 4 is 72.0 Å². The molecule has 2 heterocycles. The van der Waals surface area contributed by atoms with Crippen molar-refractivity contribution in [3.63, 3.8) is 0 Å². The second kappa shape index (κ2) is 13.6. The number of hydrogen-bond donors (Lipinski definition) is 0. The van der Waals surface area contributed by atoms with Crippen LogP contribution in [0.15, 0.2) is 22.8 Å². The number of fused-ring (bicyclic) bond motifs is 2. The molecule has 2 saturated carbocycles. The summed E-state index contributed by atoms with van der Waals surface area (Å²) in [6, 6.07) is 0.431. The van der Waals surface area contributed by atoms with Gasteiger partial charge in [0.2, 0.25) is 5.04 Å². The van der Waals surface area contributed by atoms with Crippen LogP contribution in [0.2, 0.25) is 0 Å². The zero-order chi connectivity index (χ0) is 28.4. The first-order chi connectivity index (χ1) is 18.3. The first-order valence-electron chi connectivity index (χ1n) is 13.6. The van der Waals surface area contributed by atoms with E-state index in [9.17, 15) is 25.9 Å². The van der Waals surface area contributed by atoms with Gasteiger partial charge in [-0.25, -0.2) is 21.4 Å². The molecule has 0 radical (unpaired) electrons. The predicted octanol–water partition coefficient (Wildman–Crippen LogP) is 4.30. The van der Waals surface area contributed by atoms with E-state index in [-0.39, 0.29) is 47.2 Å². The molecule has 1 saturated heterocycles. The second-order valence-corrected chi connectivity index (χ2v) is 17.6. The van der Waals surface area contributed by atoms with Crippen LogP contribution in [-0.4, -0.2) is 98.4 Å². The average molecular weight is 661 g/mol. The third-order valence-corrected chi connectivity index (χ3v) is 13.2. The molecule has 222 valence electrons. The molecule has 4 aliphatic rings. The van der Waals surface area contributed by atoms with Gasteiger partial charge in [-0.2, -0.15) is 0 Å². The van der Waals surface area contributed by atoms with E-state index in [1.54, 1.807) is 0 Å². The van der Waals surface area contributed by atoms with E-state index in [0.717, 1.165) is 60.6 Å². The van der Waals surface area contributed by atoms with E-state index >= 15 is 0 Å². The summed E-state index contributed by atoms with van der Waals surface area (Å²) in [5.74, 6) is -0.765. The molecule has 0 amide bonds. The molecule has 0 bridgehead atoms. The Morgan fingerprint density at radius 2 is 1.62 bits per heavy atom. The maximum absolute atomic E-state index is 11.2. The monoisotopic (exact) mass is 659 g/mol. The highest BCUT2D eigenvalue weighted by Crippen LogP contribution is 2.47. The summed E-state index contributed by atoms with van der Waals surface area (Å²) in [6.07, 6.45) is 11.2. The van der Waals surface area contributed by atoms with Crippen molar-refractivity contribution in [3.05, 3.63) is 22.8 Å². The van der Waals surface area contributed by atoms with Gasteiger partial charge in [0, 0.05) is 59.0 Å². The SMILES string of the molecule is CCC(=CC1=[N+](CCCS(=O)(=O)[O-])C2CC(Cl)CCC2S1)C=C1SC2CCC(Cl)CC2N1CCCS(=O)(=O)[O-]. The van der Waals surface area contributed by atoms with E-state index in [4.69, 9.17) is 23.2 Å². The van der Waals surface area contributed by atoms with Gasteiger partial charge < -0.3 is 14.0 Å². The summed E-state index contributed by atoms with van der Waals surface area (Å²) in [4.78, 5) is 2.25. The Balaban J connectivity index is 1.61.